The Morgan fingerprint density at radius 2 is 2.00 bits per heavy atom. The van der Waals surface area contributed by atoms with Crippen LogP contribution in [-0.4, -0.2) is 28.6 Å². The second-order valence-electron chi connectivity index (χ2n) is 4.84. The minimum atomic E-state index is -0.777. The number of non-ortho nitro benzene ring substituents is 1. The van der Waals surface area contributed by atoms with Gasteiger partial charge in [0.1, 0.15) is 11.5 Å². The van der Waals surface area contributed by atoms with Gasteiger partial charge in [-0.2, -0.15) is 0 Å². The molecule has 0 saturated carbocycles. The fourth-order valence-corrected chi connectivity index (χ4v) is 2.38. The predicted molar refractivity (Wildman–Crippen MR) is 94.8 cm³/mol. The number of nitro groups is 1. The van der Waals surface area contributed by atoms with Crippen molar-refractivity contribution in [3.05, 3.63) is 56.6 Å². The number of anilines is 1. The highest BCUT2D eigenvalue weighted by Crippen LogP contribution is 2.34. The first-order chi connectivity index (χ1) is 11.4. The van der Waals surface area contributed by atoms with E-state index in [1.54, 1.807) is 18.2 Å². The van der Waals surface area contributed by atoms with Crippen molar-refractivity contribution in [2.75, 3.05) is 17.7 Å². The van der Waals surface area contributed by atoms with E-state index in [4.69, 9.17) is 39.5 Å². The summed E-state index contributed by atoms with van der Waals surface area (Å²) in [7, 11) is 0. The lowest BCUT2D eigenvalue weighted by Crippen LogP contribution is -2.20. The second-order valence-corrected chi connectivity index (χ2v) is 5.99. The SMILES string of the molecule is O=[N+]([O-])c1cc(NCC(O)CCl)cc(Oc2ccc(Cl)cc2Cl)c1. The Kier molecular flexibility index (Phi) is 6.51. The van der Waals surface area contributed by atoms with Gasteiger partial charge in [-0.1, -0.05) is 23.2 Å². The van der Waals surface area contributed by atoms with E-state index < -0.39 is 11.0 Å². The van der Waals surface area contributed by atoms with Crippen molar-refractivity contribution >= 4 is 46.2 Å². The third kappa shape index (κ3) is 5.14. The van der Waals surface area contributed by atoms with Crippen LogP contribution in [0.3, 0.4) is 0 Å². The van der Waals surface area contributed by atoms with E-state index in [-0.39, 0.29) is 28.9 Å². The molecule has 0 amide bonds. The Balaban J connectivity index is 2.27. The molecular formula is C15H13Cl3N2O4. The monoisotopic (exact) mass is 390 g/mol. The molecule has 0 fully saturated rings. The number of ether oxygens (including phenoxy) is 1. The molecule has 2 N–H and O–H groups in total. The third-order valence-corrected chi connectivity index (χ3v) is 3.83. The molecular weight excluding hydrogens is 379 g/mol. The van der Waals surface area contributed by atoms with Crippen molar-refractivity contribution in [2.45, 2.75) is 6.10 Å². The number of hydrogen-bond donors (Lipinski definition) is 2. The van der Waals surface area contributed by atoms with Crippen LogP contribution in [0.4, 0.5) is 11.4 Å². The molecule has 6 nitrogen and oxygen atoms in total. The first-order valence-corrected chi connectivity index (χ1v) is 8.08. The third-order valence-electron chi connectivity index (χ3n) is 2.94. The van der Waals surface area contributed by atoms with E-state index in [1.807, 2.05) is 0 Å². The van der Waals surface area contributed by atoms with Gasteiger partial charge in [0.05, 0.1) is 28.0 Å². The molecule has 0 aliphatic carbocycles. The standard InChI is InChI=1S/C15H13Cl3N2O4/c16-7-12(21)8-19-10-4-11(20(22)23)6-13(5-10)24-15-2-1-9(17)3-14(15)18/h1-6,12,19,21H,7-8H2. The summed E-state index contributed by atoms with van der Waals surface area (Å²) in [6.07, 6.45) is -0.777. The summed E-state index contributed by atoms with van der Waals surface area (Å²) < 4.78 is 5.61. The van der Waals surface area contributed by atoms with Crippen LogP contribution < -0.4 is 10.1 Å². The first-order valence-electron chi connectivity index (χ1n) is 6.79. The molecule has 9 heteroatoms. The van der Waals surface area contributed by atoms with Gasteiger partial charge in [-0.05, 0) is 18.2 Å². The maximum absolute atomic E-state index is 11.1. The normalized spacial score (nSPS) is 11.8. The number of aliphatic hydroxyl groups is 1. The van der Waals surface area contributed by atoms with Crippen LogP contribution in [0.5, 0.6) is 11.5 Å². The zero-order valence-corrected chi connectivity index (χ0v) is 14.5. The smallest absolute Gasteiger partial charge is 0.275 e. The van der Waals surface area contributed by atoms with Crippen molar-refractivity contribution < 1.29 is 14.8 Å². The maximum Gasteiger partial charge on any atom is 0.275 e. The fraction of sp³-hybridized carbons (Fsp3) is 0.200. The number of alkyl halides is 1. The summed E-state index contributed by atoms with van der Waals surface area (Å²) in [6, 6.07) is 8.82. The van der Waals surface area contributed by atoms with E-state index in [0.717, 1.165) is 0 Å². The van der Waals surface area contributed by atoms with Crippen molar-refractivity contribution in [3.8, 4) is 11.5 Å². The summed E-state index contributed by atoms with van der Waals surface area (Å²) in [4.78, 5) is 10.5. The largest absolute Gasteiger partial charge is 0.455 e. The number of rotatable bonds is 7. The fourth-order valence-electron chi connectivity index (χ4n) is 1.82. The zero-order chi connectivity index (χ0) is 17.7. The predicted octanol–water partition coefficient (Wildman–Crippen LogP) is 4.71. The topological polar surface area (TPSA) is 84.6 Å². The minimum absolute atomic E-state index is 0.0473. The maximum atomic E-state index is 11.1. The molecule has 0 aromatic heterocycles. The highest BCUT2D eigenvalue weighted by molar-refractivity contribution is 6.35. The van der Waals surface area contributed by atoms with Crippen molar-refractivity contribution in [1.29, 1.82) is 0 Å². The summed E-state index contributed by atoms with van der Waals surface area (Å²) in [5.74, 6) is 0.579. The second kappa shape index (κ2) is 8.39. The molecule has 1 unspecified atom stereocenters. The Morgan fingerprint density at radius 1 is 1.25 bits per heavy atom. The molecule has 0 aliphatic heterocycles. The van der Waals surface area contributed by atoms with Gasteiger partial charge in [-0.25, -0.2) is 0 Å². The summed E-state index contributed by atoms with van der Waals surface area (Å²) in [5, 5.41) is 24.1. The molecule has 128 valence electrons. The first kappa shape index (κ1) is 18.6. The van der Waals surface area contributed by atoms with Crippen LogP contribution in [0.15, 0.2) is 36.4 Å². The van der Waals surface area contributed by atoms with Gasteiger partial charge >= 0.3 is 0 Å². The highest BCUT2D eigenvalue weighted by atomic mass is 35.5. The number of hydrogen-bond acceptors (Lipinski definition) is 5. The van der Waals surface area contributed by atoms with Crippen LogP contribution >= 0.6 is 34.8 Å². The molecule has 2 rings (SSSR count). The van der Waals surface area contributed by atoms with E-state index >= 15 is 0 Å². The Bertz CT molecular complexity index is 743. The quantitative estimate of drug-likeness (QED) is 0.406. The van der Waals surface area contributed by atoms with Crippen LogP contribution in [0.25, 0.3) is 0 Å². The number of nitrogens with zero attached hydrogens (tertiary/aromatic N) is 1. The van der Waals surface area contributed by atoms with Gasteiger partial charge in [-0.3, -0.25) is 10.1 Å². The number of nitro benzene ring substituents is 1. The highest BCUT2D eigenvalue weighted by Gasteiger charge is 2.13. The Labute approximate surface area is 153 Å². The van der Waals surface area contributed by atoms with E-state index in [1.165, 1.54) is 18.2 Å². The number of nitrogens with one attached hydrogen (secondary N) is 1. The lowest BCUT2D eigenvalue weighted by Gasteiger charge is -2.12. The van der Waals surface area contributed by atoms with Gasteiger partial charge in [-0.15, -0.1) is 11.6 Å². The Hall–Kier alpha value is -1.73. The number of benzene rings is 2. The molecule has 0 aliphatic rings. The number of aliphatic hydroxyl groups excluding tert-OH is 1. The van der Waals surface area contributed by atoms with Crippen LogP contribution in [0.1, 0.15) is 0 Å². The van der Waals surface area contributed by atoms with Gasteiger partial charge in [0.2, 0.25) is 0 Å². The minimum Gasteiger partial charge on any atom is -0.455 e. The molecule has 2 aromatic rings. The molecule has 1 atom stereocenters. The molecule has 2 aromatic carbocycles. The van der Waals surface area contributed by atoms with Crippen molar-refractivity contribution in [2.24, 2.45) is 0 Å². The molecule has 0 radical (unpaired) electrons. The molecule has 0 saturated heterocycles. The zero-order valence-electron chi connectivity index (χ0n) is 12.2. The van der Waals surface area contributed by atoms with Gasteiger partial charge in [0.25, 0.3) is 5.69 Å². The van der Waals surface area contributed by atoms with Crippen molar-refractivity contribution in [3.63, 3.8) is 0 Å². The van der Waals surface area contributed by atoms with Gasteiger partial charge in [0.15, 0.2) is 0 Å². The summed E-state index contributed by atoms with van der Waals surface area (Å²) >= 11 is 17.4. The van der Waals surface area contributed by atoms with E-state index in [2.05, 4.69) is 5.32 Å². The van der Waals surface area contributed by atoms with Crippen LogP contribution in [-0.2, 0) is 0 Å². The molecule has 24 heavy (non-hydrogen) atoms. The van der Waals surface area contributed by atoms with E-state index in [9.17, 15) is 15.2 Å². The van der Waals surface area contributed by atoms with Gasteiger partial charge < -0.3 is 15.2 Å². The van der Waals surface area contributed by atoms with Crippen LogP contribution in [0.2, 0.25) is 10.0 Å². The average Bonchev–Trinajstić information content (AvgIpc) is 2.55. The summed E-state index contributed by atoms with van der Waals surface area (Å²) in [6.45, 7) is 0.145. The molecule has 0 spiro atoms. The summed E-state index contributed by atoms with van der Waals surface area (Å²) in [5.41, 5.74) is 0.244. The van der Waals surface area contributed by atoms with Gasteiger partial charge in [0, 0.05) is 29.4 Å². The van der Waals surface area contributed by atoms with Crippen molar-refractivity contribution in [1.82, 2.24) is 0 Å². The molecule has 0 bridgehead atoms. The van der Waals surface area contributed by atoms with E-state index in [0.29, 0.717) is 16.5 Å². The lowest BCUT2D eigenvalue weighted by atomic mass is 10.2. The average molecular weight is 392 g/mol. The lowest BCUT2D eigenvalue weighted by molar-refractivity contribution is -0.384. The molecule has 0 heterocycles. The Morgan fingerprint density at radius 3 is 2.62 bits per heavy atom. The van der Waals surface area contributed by atoms with Crippen LogP contribution in [0, 0.1) is 10.1 Å². The number of halogens is 3.